The molecule has 0 heterocycles. The number of anilines is 1. The highest BCUT2D eigenvalue weighted by Crippen LogP contribution is 2.32. The fourth-order valence-electron chi connectivity index (χ4n) is 2.63. The van der Waals surface area contributed by atoms with E-state index in [0.717, 1.165) is 38.2 Å². The molecular formula is C20H24BrNO2. The largest absolute Gasteiger partial charge is 0.483 e. The molecule has 0 saturated heterocycles. The van der Waals surface area contributed by atoms with Gasteiger partial charge in [-0.25, -0.2) is 0 Å². The molecule has 0 fully saturated rings. The van der Waals surface area contributed by atoms with Gasteiger partial charge in [-0.15, -0.1) is 0 Å². The van der Waals surface area contributed by atoms with Crippen molar-refractivity contribution >= 4 is 27.5 Å². The van der Waals surface area contributed by atoms with Crippen LogP contribution in [-0.4, -0.2) is 12.5 Å². The maximum absolute atomic E-state index is 12.2. The van der Waals surface area contributed by atoms with Crippen LogP contribution in [0.3, 0.4) is 0 Å². The molecule has 24 heavy (non-hydrogen) atoms. The van der Waals surface area contributed by atoms with Crippen molar-refractivity contribution in [1.29, 1.82) is 0 Å². The minimum absolute atomic E-state index is 0.00617. The van der Waals surface area contributed by atoms with Crippen molar-refractivity contribution in [2.75, 3.05) is 11.9 Å². The van der Waals surface area contributed by atoms with Gasteiger partial charge in [0, 0.05) is 10.2 Å². The number of aryl methyl sites for hydroxylation is 3. The minimum Gasteiger partial charge on any atom is -0.483 e. The van der Waals surface area contributed by atoms with Crippen molar-refractivity contribution in [2.45, 2.75) is 40.5 Å². The van der Waals surface area contributed by atoms with Crippen LogP contribution in [0.1, 0.15) is 42.0 Å². The summed E-state index contributed by atoms with van der Waals surface area (Å²) >= 11 is 3.55. The lowest BCUT2D eigenvalue weighted by molar-refractivity contribution is -0.118. The maximum atomic E-state index is 12.2. The summed E-state index contributed by atoms with van der Waals surface area (Å²) in [5.41, 5.74) is 5.22. The van der Waals surface area contributed by atoms with Gasteiger partial charge in [-0.05, 0) is 73.2 Å². The topological polar surface area (TPSA) is 38.3 Å². The number of carbonyl (C=O) groups is 1. The van der Waals surface area contributed by atoms with Gasteiger partial charge in [0.25, 0.3) is 5.91 Å². The van der Waals surface area contributed by atoms with E-state index in [2.05, 4.69) is 47.2 Å². The normalized spacial score (nSPS) is 10.8. The molecule has 2 aromatic carbocycles. The van der Waals surface area contributed by atoms with Crippen molar-refractivity contribution in [3.05, 3.63) is 57.1 Å². The average Bonchev–Trinajstić information content (AvgIpc) is 2.46. The summed E-state index contributed by atoms with van der Waals surface area (Å²) in [6, 6.07) is 10.0. The van der Waals surface area contributed by atoms with Gasteiger partial charge in [0.05, 0.1) is 0 Å². The minimum atomic E-state index is -0.157. The summed E-state index contributed by atoms with van der Waals surface area (Å²) in [4.78, 5) is 12.2. The summed E-state index contributed by atoms with van der Waals surface area (Å²) in [7, 11) is 0. The Labute approximate surface area is 152 Å². The molecule has 1 amide bonds. The Morgan fingerprint density at radius 3 is 2.29 bits per heavy atom. The summed E-state index contributed by atoms with van der Waals surface area (Å²) in [5.74, 6) is 0.927. The van der Waals surface area contributed by atoms with Crippen molar-refractivity contribution in [3.8, 4) is 5.75 Å². The molecule has 4 heteroatoms. The molecule has 2 rings (SSSR count). The number of rotatable bonds is 5. The van der Waals surface area contributed by atoms with Gasteiger partial charge in [0.1, 0.15) is 5.75 Å². The molecule has 0 aliphatic carbocycles. The number of amides is 1. The van der Waals surface area contributed by atoms with Crippen LogP contribution in [0, 0.1) is 20.8 Å². The van der Waals surface area contributed by atoms with E-state index in [1.54, 1.807) is 0 Å². The third kappa shape index (κ3) is 4.84. The number of benzene rings is 2. The molecule has 0 aromatic heterocycles. The van der Waals surface area contributed by atoms with Crippen molar-refractivity contribution in [1.82, 2.24) is 0 Å². The summed E-state index contributed by atoms with van der Waals surface area (Å²) in [6.45, 7) is 10.3. The Balaban J connectivity index is 2.07. The molecule has 3 nitrogen and oxygen atoms in total. The van der Waals surface area contributed by atoms with Gasteiger partial charge in [0.15, 0.2) is 6.61 Å². The lowest BCUT2D eigenvalue weighted by Crippen LogP contribution is -2.20. The SMILES string of the molecule is Cc1cc(C)cc(NC(=O)COc2cc(C)c(Br)cc2C(C)C)c1. The Morgan fingerprint density at radius 2 is 1.71 bits per heavy atom. The van der Waals surface area contributed by atoms with Crippen LogP contribution in [0.5, 0.6) is 5.75 Å². The highest BCUT2D eigenvalue weighted by Gasteiger charge is 2.12. The first-order valence-corrected chi connectivity index (χ1v) is 8.86. The molecule has 0 bridgehead atoms. The van der Waals surface area contributed by atoms with Crippen LogP contribution in [0.25, 0.3) is 0 Å². The van der Waals surface area contributed by atoms with E-state index >= 15 is 0 Å². The predicted octanol–water partition coefficient (Wildman–Crippen LogP) is 5.52. The zero-order valence-electron chi connectivity index (χ0n) is 14.9. The third-order valence-electron chi connectivity index (χ3n) is 3.78. The Hall–Kier alpha value is -1.81. The Bertz CT molecular complexity index is 733. The van der Waals surface area contributed by atoms with Gasteiger partial charge in [-0.2, -0.15) is 0 Å². The van der Waals surface area contributed by atoms with Crippen LogP contribution >= 0.6 is 15.9 Å². The summed E-state index contributed by atoms with van der Waals surface area (Å²) in [5, 5.41) is 2.90. The van der Waals surface area contributed by atoms with E-state index in [0.29, 0.717) is 5.92 Å². The van der Waals surface area contributed by atoms with E-state index in [9.17, 15) is 4.79 Å². The van der Waals surface area contributed by atoms with Crippen LogP contribution < -0.4 is 10.1 Å². The second kappa shape index (κ2) is 7.84. The van der Waals surface area contributed by atoms with E-state index in [1.807, 2.05) is 39.0 Å². The standard InChI is InChI=1S/C20H24BrNO2/c1-12(2)17-10-18(21)15(5)9-19(17)24-11-20(23)22-16-7-13(3)6-14(4)8-16/h6-10,12H,11H2,1-5H3,(H,22,23). The molecule has 0 atom stereocenters. The van der Waals surface area contributed by atoms with Crippen LogP contribution in [-0.2, 0) is 4.79 Å². The molecule has 0 spiro atoms. The molecule has 0 unspecified atom stereocenters. The first kappa shape index (κ1) is 18.5. The van der Waals surface area contributed by atoms with Crippen molar-refractivity contribution in [2.24, 2.45) is 0 Å². The van der Waals surface area contributed by atoms with Crippen molar-refractivity contribution < 1.29 is 9.53 Å². The highest BCUT2D eigenvalue weighted by atomic mass is 79.9. The van der Waals surface area contributed by atoms with E-state index < -0.39 is 0 Å². The third-order valence-corrected chi connectivity index (χ3v) is 4.63. The quantitative estimate of drug-likeness (QED) is 0.731. The van der Waals surface area contributed by atoms with E-state index in [1.165, 1.54) is 0 Å². The predicted molar refractivity (Wildman–Crippen MR) is 103 cm³/mol. The monoisotopic (exact) mass is 389 g/mol. The van der Waals surface area contributed by atoms with Crippen LogP contribution in [0.15, 0.2) is 34.8 Å². The fourth-order valence-corrected chi connectivity index (χ4v) is 2.99. The van der Waals surface area contributed by atoms with Crippen molar-refractivity contribution in [3.63, 3.8) is 0 Å². The zero-order chi connectivity index (χ0) is 17.9. The van der Waals surface area contributed by atoms with Gasteiger partial charge in [-0.3, -0.25) is 4.79 Å². The lowest BCUT2D eigenvalue weighted by Gasteiger charge is -2.16. The van der Waals surface area contributed by atoms with Gasteiger partial charge >= 0.3 is 0 Å². The number of hydrogen-bond donors (Lipinski definition) is 1. The number of nitrogens with one attached hydrogen (secondary N) is 1. The number of ether oxygens (including phenoxy) is 1. The van der Waals surface area contributed by atoms with E-state index in [4.69, 9.17) is 4.74 Å². The molecule has 0 radical (unpaired) electrons. The molecular weight excluding hydrogens is 366 g/mol. The number of carbonyl (C=O) groups excluding carboxylic acids is 1. The van der Waals surface area contributed by atoms with Crippen LogP contribution in [0.4, 0.5) is 5.69 Å². The first-order valence-electron chi connectivity index (χ1n) is 8.07. The van der Waals surface area contributed by atoms with Gasteiger partial charge in [0.2, 0.25) is 0 Å². The lowest BCUT2D eigenvalue weighted by atomic mass is 10.0. The Kier molecular flexibility index (Phi) is 6.05. The average molecular weight is 390 g/mol. The highest BCUT2D eigenvalue weighted by molar-refractivity contribution is 9.10. The fraction of sp³-hybridized carbons (Fsp3) is 0.350. The summed E-state index contributed by atoms with van der Waals surface area (Å²) < 4.78 is 6.85. The van der Waals surface area contributed by atoms with Gasteiger partial charge < -0.3 is 10.1 Å². The number of halogens is 1. The molecule has 0 saturated carbocycles. The van der Waals surface area contributed by atoms with E-state index in [-0.39, 0.29) is 12.5 Å². The number of hydrogen-bond acceptors (Lipinski definition) is 2. The zero-order valence-corrected chi connectivity index (χ0v) is 16.5. The Morgan fingerprint density at radius 1 is 1.08 bits per heavy atom. The maximum Gasteiger partial charge on any atom is 0.262 e. The first-order chi connectivity index (χ1) is 11.3. The van der Waals surface area contributed by atoms with Gasteiger partial charge in [-0.1, -0.05) is 35.8 Å². The smallest absolute Gasteiger partial charge is 0.262 e. The molecule has 2 aromatic rings. The molecule has 0 aliphatic heterocycles. The summed E-state index contributed by atoms with van der Waals surface area (Å²) in [6.07, 6.45) is 0. The molecule has 0 aliphatic rings. The second-order valence-corrected chi connectivity index (χ2v) is 7.36. The second-order valence-electron chi connectivity index (χ2n) is 6.51. The van der Waals surface area contributed by atoms with Crippen LogP contribution in [0.2, 0.25) is 0 Å². The molecule has 1 N–H and O–H groups in total. The molecule has 128 valence electrons.